The molecule has 3 N–H and O–H groups in total. The van der Waals surface area contributed by atoms with Crippen LogP contribution in [0.1, 0.15) is 10.4 Å². The maximum atomic E-state index is 13.2. The third-order valence-corrected chi connectivity index (χ3v) is 4.57. The highest BCUT2D eigenvalue weighted by Crippen LogP contribution is 2.19. The summed E-state index contributed by atoms with van der Waals surface area (Å²) in [6.07, 6.45) is 0. The fraction of sp³-hybridized carbons (Fsp3) is 0.0667. The van der Waals surface area contributed by atoms with Gasteiger partial charge in [0.1, 0.15) is 5.82 Å². The zero-order valence-corrected chi connectivity index (χ0v) is 14.9. The Morgan fingerprint density at radius 1 is 1.16 bits per heavy atom. The lowest BCUT2D eigenvalue weighted by Crippen LogP contribution is -2.21. The number of esters is 1. The Morgan fingerprint density at radius 3 is 2.40 bits per heavy atom. The summed E-state index contributed by atoms with van der Waals surface area (Å²) in [6.45, 7) is -0.598. The second-order valence-electron chi connectivity index (χ2n) is 4.82. The minimum absolute atomic E-state index is 0.0506. The molecule has 0 aliphatic heterocycles. The van der Waals surface area contributed by atoms with Crippen molar-refractivity contribution in [2.24, 2.45) is 5.14 Å². The molecular weight excluding hydrogens is 419 g/mol. The number of hydrogen-bond acceptors (Lipinski definition) is 5. The Balaban J connectivity index is 1.94. The van der Waals surface area contributed by atoms with Gasteiger partial charge >= 0.3 is 5.97 Å². The monoisotopic (exact) mass is 430 g/mol. The largest absolute Gasteiger partial charge is 0.452 e. The lowest BCUT2D eigenvalue weighted by atomic mass is 10.2. The Kier molecular flexibility index (Phi) is 5.88. The number of primary sulfonamides is 1. The summed E-state index contributed by atoms with van der Waals surface area (Å²) in [5, 5.41) is 7.38. The maximum Gasteiger partial charge on any atom is 0.339 e. The van der Waals surface area contributed by atoms with Crippen LogP contribution in [0, 0.1) is 5.82 Å². The van der Waals surface area contributed by atoms with E-state index in [0.717, 1.165) is 6.07 Å². The number of sulfonamides is 1. The van der Waals surface area contributed by atoms with Crippen LogP contribution >= 0.6 is 15.9 Å². The van der Waals surface area contributed by atoms with Gasteiger partial charge in [0.2, 0.25) is 10.0 Å². The average Bonchev–Trinajstić information content (AvgIpc) is 2.54. The van der Waals surface area contributed by atoms with Crippen molar-refractivity contribution in [3.63, 3.8) is 0 Å². The molecule has 25 heavy (non-hydrogen) atoms. The van der Waals surface area contributed by atoms with E-state index in [9.17, 15) is 22.4 Å². The second-order valence-corrected chi connectivity index (χ2v) is 7.23. The van der Waals surface area contributed by atoms with E-state index < -0.39 is 34.3 Å². The molecule has 0 radical (unpaired) electrons. The van der Waals surface area contributed by atoms with Crippen LogP contribution in [0.25, 0.3) is 0 Å². The molecule has 0 saturated heterocycles. The summed E-state index contributed by atoms with van der Waals surface area (Å²) in [7, 11) is -3.82. The van der Waals surface area contributed by atoms with Crippen molar-refractivity contribution in [1.82, 2.24) is 0 Å². The number of halogens is 2. The Morgan fingerprint density at radius 2 is 1.80 bits per heavy atom. The normalized spacial score (nSPS) is 11.0. The second kappa shape index (κ2) is 7.72. The van der Waals surface area contributed by atoms with Crippen LogP contribution in [0.4, 0.5) is 10.1 Å². The molecule has 7 nitrogen and oxygen atoms in total. The Labute approximate surface area is 151 Å². The summed E-state index contributed by atoms with van der Waals surface area (Å²) >= 11 is 3.09. The first kappa shape index (κ1) is 19.0. The summed E-state index contributed by atoms with van der Waals surface area (Å²) in [4.78, 5) is 23.5. The van der Waals surface area contributed by atoms with Crippen molar-refractivity contribution in [2.75, 3.05) is 11.9 Å². The molecule has 0 fully saturated rings. The average molecular weight is 431 g/mol. The Hall–Kier alpha value is -2.30. The van der Waals surface area contributed by atoms with E-state index in [2.05, 4.69) is 21.2 Å². The van der Waals surface area contributed by atoms with E-state index >= 15 is 0 Å². The Bertz CT molecular complexity index is 916. The van der Waals surface area contributed by atoms with Crippen molar-refractivity contribution in [3.05, 3.63) is 58.3 Å². The van der Waals surface area contributed by atoms with E-state index in [1.807, 2.05) is 0 Å². The van der Waals surface area contributed by atoms with Crippen molar-refractivity contribution in [3.8, 4) is 0 Å². The minimum atomic E-state index is -3.82. The number of amides is 1. The number of benzene rings is 2. The van der Waals surface area contributed by atoms with E-state index in [1.54, 1.807) is 0 Å². The third kappa shape index (κ3) is 5.34. The van der Waals surface area contributed by atoms with Gasteiger partial charge in [0.25, 0.3) is 5.91 Å². The molecule has 0 aliphatic rings. The molecule has 132 valence electrons. The van der Waals surface area contributed by atoms with E-state index in [0.29, 0.717) is 10.2 Å². The molecule has 1 amide bonds. The highest BCUT2D eigenvalue weighted by Gasteiger charge is 2.15. The first-order valence-corrected chi connectivity index (χ1v) is 9.05. The number of rotatable bonds is 5. The summed E-state index contributed by atoms with van der Waals surface area (Å²) in [6, 6.07) is 8.61. The van der Waals surface area contributed by atoms with Gasteiger partial charge in [-0.05, 0) is 58.4 Å². The quantitative estimate of drug-likeness (QED) is 0.703. The van der Waals surface area contributed by atoms with Crippen LogP contribution in [-0.2, 0) is 19.6 Å². The molecule has 0 aliphatic carbocycles. The number of carbonyl (C=O) groups is 2. The number of carbonyl (C=O) groups excluding carboxylic acids is 2. The van der Waals surface area contributed by atoms with Crippen molar-refractivity contribution < 1.29 is 27.1 Å². The van der Waals surface area contributed by atoms with Gasteiger partial charge in [-0.2, -0.15) is 0 Å². The molecule has 0 bridgehead atoms. The predicted molar refractivity (Wildman–Crippen MR) is 90.8 cm³/mol. The number of nitrogens with one attached hydrogen (secondary N) is 1. The van der Waals surface area contributed by atoms with E-state index in [1.165, 1.54) is 36.4 Å². The van der Waals surface area contributed by atoms with Crippen LogP contribution in [0.15, 0.2) is 51.8 Å². The van der Waals surface area contributed by atoms with Crippen LogP contribution in [0.3, 0.4) is 0 Å². The van der Waals surface area contributed by atoms with Crippen molar-refractivity contribution in [2.45, 2.75) is 4.90 Å². The highest BCUT2D eigenvalue weighted by molar-refractivity contribution is 9.10. The van der Waals surface area contributed by atoms with Crippen LogP contribution in [-0.4, -0.2) is 26.9 Å². The molecule has 2 aromatic carbocycles. The zero-order chi connectivity index (χ0) is 18.6. The fourth-order valence-electron chi connectivity index (χ4n) is 1.79. The molecule has 0 unspecified atom stereocenters. The summed E-state index contributed by atoms with van der Waals surface area (Å²) in [5.74, 6) is -2.13. The van der Waals surface area contributed by atoms with Gasteiger partial charge in [-0.15, -0.1) is 0 Å². The highest BCUT2D eigenvalue weighted by atomic mass is 79.9. The van der Waals surface area contributed by atoms with Gasteiger partial charge in [-0.3, -0.25) is 4.79 Å². The molecule has 10 heteroatoms. The molecule has 0 aromatic heterocycles. The molecule has 2 rings (SSSR count). The van der Waals surface area contributed by atoms with Crippen LogP contribution in [0.5, 0.6) is 0 Å². The lowest BCUT2D eigenvalue weighted by molar-refractivity contribution is -0.119. The van der Waals surface area contributed by atoms with Crippen LogP contribution in [0.2, 0.25) is 0 Å². The number of hydrogen-bond donors (Lipinski definition) is 2. The minimum Gasteiger partial charge on any atom is -0.452 e. The molecule has 0 saturated carbocycles. The SMILES string of the molecule is NS(=O)(=O)c1ccc(NC(=O)COC(=O)c2cc(F)ccc2Br)cc1. The molecule has 0 heterocycles. The van der Waals surface area contributed by atoms with Gasteiger partial charge < -0.3 is 10.1 Å². The molecular formula is C15H12BrFN2O5S. The van der Waals surface area contributed by atoms with Gasteiger partial charge in [0.15, 0.2) is 6.61 Å². The van der Waals surface area contributed by atoms with Gasteiger partial charge in [0, 0.05) is 10.2 Å². The number of anilines is 1. The lowest BCUT2D eigenvalue weighted by Gasteiger charge is -2.08. The summed E-state index contributed by atoms with van der Waals surface area (Å²) < 4.78 is 40.6. The maximum absolute atomic E-state index is 13.2. The van der Waals surface area contributed by atoms with E-state index in [4.69, 9.17) is 9.88 Å². The smallest absolute Gasteiger partial charge is 0.339 e. The molecule has 2 aromatic rings. The first-order chi connectivity index (χ1) is 11.7. The first-order valence-electron chi connectivity index (χ1n) is 6.72. The zero-order valence-electron chi connectivity index (χ0n) is 12.5. The number of ether oxygens (including phenoxy) is 1. The van der Waals surface area contributed by atoms with Crippen LogP contribution < -0.4 is 10.5 Å². The van der Waals surface area contributed by atoms with E-state index in [-0.39, 0.29) is 10.5 Å². The van der Waals surface area contributed by atoms with Gasteiger partial charge in [-0.1, -0.05) is 0 Å². The van der Waals surface area contributed by atoms with Gasteiger partial charge in [-0.25, -0.2) is 22.7 Å². The number of nitrogens with two attached hydrogens (primary N) is 1. The topological polar surface area (TPSA) is 116 Å². The van der Waals surface area contributed by atoms with Gasteiger partial charge in [0.05, 0.1) is 10.5 Å². The summed E-state index contributed by atoms with van der Waals surface area (Å²) in [5.41, 5.74) is 0.241. The molecule has 0 spiro atoms. The van der Waals surface area contributed by atoms with Crippen molar-refractivity contribution >= 4 is 43.5 Å². The van der Waals surface area contributed by atoms with Crippen molar-refractivity contribution in [1.29, 1.82) is 0 Å². The third-order valence-electron chi connectivity index (χ3n) is 2.95. The molecule has 0 atom stereocenters. The predicted octanol–water partition coefficient (Wildman–Crippen LogP) is 2.03. The standard InChI is InChI=1S/C15H12BrFN2O5S/c16-13-6-1-9(17)7-12(13)15(21)24-8-14(20)19-10-2-4-11(5-3-10)25(18,22)23/h1-7H,8H2,(H,19,20)(H2,18,22,23). The fourth-order valence-corrected chi connectivity index (χ4v) is 2.71.